The van der Waals surface area contributed by atoms with Gasteiger partial charge in [-0.1, -0.05) is 84.6 Å². The minimum absolute atomic E-state index is 0.0658. The molecule has 9 heteroatoms. The number of carbonyl (C=O) groups is 1. The van der Waals surface area contributed by atoms with Gasteiger partial charge in [-0.3, -0.25) is 9.36 Å². The van der Waals surface area contributed by atoms with Crippen LogP contribution in [0.25, 0.3) is 16.5 Å². The molecule has 5 aromatic rings. The number of rotatable bonds is 9. The number of aromatic nitrogens is 3. The topological polar surface area (TPSA) is 84.2 Å². The van der Waals surface area contributed by atoms with E-state index in [1.165, 1.54) is 24.0 Å². The Morgan fingerprint density at radius 2 is 1.68 bits per heavy atom. The van der Waals surface area contributed by atoms with Crippen molar-refractivity contribution in [2.45, 2.75) is 11.7 Å². The van der Waals surface area contributed by atoms with Crippen molar-refractivity contribution in [2.75, 3.05) is 11.1 Å². The molecule has 0 radical (unpaired) electrons. The van der Waals surface area contributed by atoms with Gasteiger partial charge < -0.3 is 5.32 Å². The lowest BCUT2D eigenvalue weighted by atomic mass is 10.1. The van der Waals surface area contributed by atoms with E-state index < -0.39 is 5.82 Å². The Balaban J connectivity index is 1.30. The zero-order valence-electron chi connectivity index (χ0n) is 19.7. The number of hydrogen-bond donors (Lipinski definition) is 2. The van der Waals surface area contributed by atoms with Crippen molar-refractivity contribution in [3.8, 4) is 5.69 Å². The Kier molecular flexibility index (Phi) is 7.52. The lowest BCUT2D eigenvalue weighted by molar-refractivity contribution is -0.118. The number of fused-ring (bicyclic) bond motifs is 1. The highest BCUT2D eigenvalue weighted by Crippen LogP contribution is 2.25. The predicted octanol–water partition coefficient (Wildman–Crippen LogP) is 5.41. The van der Waals surface area contributed by atoms with Crippen LogP contribution in [-0.2, 0) is 11.3 Å². The molecule has 1 heterocycles. The molecule has 7 nitrogen and oxygen atoms in total. The van der Waals surface area contributed by atoms with E-state index in [9.17, 15) is 9.18 Å². The average Bonchev–Trinajstić information content (AvgIpc) is 3.35. The van der Waals surface area contributed by atoms with Gasteiger partial charge in [0.2, 0.25) is 0 Å². The first-order chi connectivity index (χ1) is 18.2. The Morgan fingerprint density at radius 1 is 0.919 bits per heavy atom. The van der Waals surface area contributed by atoms with Crippen LogP contribution in [-0.4, -0.2) is 32.6 Å². The predicted molar refractivity (Wildman–Crippen MR) is 145 cm³/mol. The lowest BCUT2D eigenvalue weighted by Gasteiger charge is -2.12. The van der Waals surface area contributed by atoms with Crippen LogP contribution in [0.4, 0.5) is 10.1 Å². The van der Waals surface area contributed by atoms with Gasteiger partial charge in [0, 0.05) is 22.3 Å². The molecule has 0 fully saturated rings. The number of para-hydroxylation sites is 1. The third kappa shape index (κ3) is 5.84. The average molecular weight is 511 g/mol. The molecule has 0 saturated heterocycles. The van der Waals surface area contributed by atoms with Crippen LogP contribution in [0, 0.1) is 5.82 Å². The normalized spacial score (nSPS) is 11.2. The van der Waals surface area contributed by atoms with Crippen molar-refractivity contribution >= 4 is 40.3 Å². The molecular weight excluding hydrogens is 487 g/mol. The van der Waals surface area contributed by atoms with Gasteiger partial charge in [0.15, 0.2) is 11.0 Å². The number of hydrazone groups is 1. The quantitative estimate of drug-likeness (QED) is 0.157. The van der Waals surface area contributed by atoms with E-state index in [1.54, 1.807) is 18.2 Å². The van der Waals surface area contributed by atoms with Crippen LogP contribution in [0.1, 0.15) is 11.4 Å². The van der Waals surface area contributed by atoms with Gasteiger partial charge in [-0.05, 0) is 29.7 Å². The van der Waals surface area contributed by atoms with E-state index in [2.05, 4.69) is 44.2 Å². The third-order valence-electron chi connectivity index (χ3n) is 5.57. The molecule has 1 aromatic heterocycles. The second-order valence-electron chi connectivity index (χ2n) is 8.05. The smallest absolute Gasteiger partial charge is 0.250 e. The molecule has 0 atom stereocenters. The number of benzene rings is 4. The van der Waals surface area contributed by atoms with Gasteiger partial charge in [-0.15, -0.1) is 10.2 Å². The number of thioether (sulfide) groups is 1. The zero-order valence-corrected chi connectivity index (χ0v) is 20.5. The van der Waals surface area contributed by atoms with Crippen LogP contribution in [0.3, 0.4) is 0 Å². The maximum atomic E-state index is 13.7. The summed E-state index contributed by atoms with van der Waals surface area (Å²) in [4.78, 5) is 12.4. The second kappa shape index (κ2) is 11.5. The summed E-state index contributed by atoms with van der Waals surface area (Å²) >= 11 is 1.25. The molecule has 0 aliphatic rings. The molecule has 2 N–H and O–H groups in total. The zero-order chi connectivity index (χ0) is 25.5. The molecule has 5 rings (SSSR count). The van der Waals surface area contributed by atoms with Crippen molar-refractivity contribution in [1.82, 2.24) is 20.2 Å². The van der Waals surface area contributed by atoms with Crippen LogP contribution >= 0.6 is 11.8 Å². The van der Waals surface area contributed by atoms with Crippen LogP contribution < -0.4 is 10.7 Å². The maximum absolute atomic E-state index is 13.7. The Hall–Kier alpha value is -4.50. The second-order valence-corrected chi connectivity index (χ2v) is 9.00. The monoisotopic (exact) mass is 510 g/mol. The van der Waals surface area contributed by atoms with Crippen LogP contribution in [0.5, 0.6) is 0 Å². The van der Waals surface area contributed by atoms with Crippen LogP contribution in [0.2, 0.25) is 0 Å². The number of hydrogen-bond acceptors (Lipinski definition) is 6. The Labute approximate surface area is 217 Å². The van der Waals surface area contributed by atoms with Crippen molar-refractivity contribution in [2.24, 2.45) is 5.10 Å². The van der Waals surface area contributed by atoms with E-state index in [0.717, 1.165) is 22.1 Å². The number of halogens is 1. The summed E-state index contributed by atoms with van der Waals surface area (Å²) in [5, 5.41) is 18.9. The SMILES string of the molecule is O=C(CSc1nnc(CNc2cccc3ccccc23)n1-c1ccccc1)N/N=C/c1ccccc1F. The standard InChI is InChI=1S/C28H23FN6OS/c29-24-15-7-5-10-21(24)17-31-33-27(36)19-37-28-34-32-26(35(28)22-12-2-1-3-13-22)18-30-25-16-8-11-20-9-4-6-14-23(20)25/h1-17,30H,18-19H2,(H,33,36)/b31-17+. The molecule has 0 spiro atoms. The van der Waals surface area contributed by atoms with Gasteiger partial charge >= 0.3 is 0 Å². The number of anilines is 1. The molecule has 4 aromatic carbocycles. The van der Waals surface area contributed by atoms with Crippen LogP contribution in [0.15, 0.2) is 107 Å². The van der Waals surface area contributed by atoms with Crippen molar-refractivity contribution in [3.05, 3.63) is 114 Å². The first-order valence-corrected chi connectivity index (χ1v) is 12.6. The summed E-state index contributed by atoms with van der Waals surface area (Å²) in [5.74, 6) is 0.0294. The minimum atomic E-state index is -0.407. The fourth-order valence-corrected chi connectivity index (χ4v) is 4.58. The van der Waals surface area contributed by atoms with Crippen molar-refractivity contribution < 1.29 is 9.18 Å². The van der Waals surface area contributed by atoms with E-state index in [4.69, 9.17) is 0 Å². The number of nitrogens with one attached hydrogen (secondary N) is 2. The highest BCUT2D eigenvalue weighted by molar-refractivity contribution is 7.99. The first-order valence-electron chi connectivity index (χ1n) is 11.6. The third-order valence-corrected chi connectivity index (χ3v) is 6.50. The number of nitrogens with zero attached hydrogens (tertiary/aromatic N) is 4. The summed E-state index contributed by atoms with van der Waals surface area (Å²) in [6, 6.07) is 30.3. The molecule has 0 unspecified atom stereocenters. The first kappa shape index (κ1) is 24.2. The lowest BCUT2D eigenvalue weighted by Crippen LogP contribution is -2.20. The molecule has 37 heavy (non-hydrogen) atoms. The summed E-state index contributed by atoms with van der Waals surface area (Å²) < 4.78 is 15.6. The van der Waals surface area contributed by atoms with Crippen molar-refractivity contribution in [1.29, 1.82) is 0 Å². The highest BCUT2D eigenvalue weighted by Gasteiger charge is 2.16. The highest BCUT2D eigenvalue weighted by atomic mass is 32.2. The molecular formula is C28H23FN6OS. The van der Waals surface area contributed by atoms with Gasteiger partial charge in [-0.25, -0.2) is 9.82 Å². The Bertz CT molecular complexity index is 1550. The summed E-state index contributed by atoms with van der Waals surface area (Å²) in [5.41, 5.74) is 4.62. The fourth-order valence-electron chi connectivity index (χ4n) is 3.81. The largest absolute Gasteiger partial charge is 0.377 e. The van der Waals surface area contributed by atoms with Gasteiger partial charge in [-0.2, -0.15) is 5.10 Å². The number of carbonyl (C=O) groups excluding carboxylic acids is 1. The maximum Gasteiger partial charge on any atom is 0.250 e. The summed E-state index contributed by atoms with van der Waals surface area (Å²) in [6.07, 6.45) is 1.28. The molecule has 0 aliphatic carbocycles. The van der Waals surface area contributed by atoms with E-state index in [-0.39, 0.29) is 11.7 Å². The van der Waals surface area contributed by atoms with Gasteiger partial charge in [0.1, 0.15) is 5.82 Å². The van der Waals surface area contributed by atoms with Gasteiger partial charge in [0.25, 0.3) is 5.91 Å². The van der Waals surface area contributed by atoms with Crippen molar-refractivity contribution in [3.63, 3.8) is 0 Å². The fraction of sp³-hybridized carbons (Fsp3) is 0.0714. The van der Waals surface area contributed by atoms with E-state index in [1.807, 2.05) is 59.2 Å². The molecule has 0 saturated carbocycles. The molecule has 184 valence electrons. The summed E-state index contributed by atoms with van der Waals surface area (Å²) in [6.45, 7) is 0.440. The minimum Gasteiger partial charge on any atom is -0.377 e. The Morgan fingerprint density at radius 3 is 2.54 bits per heavy atom. The molecule has 1 amide bonds. The molecule has 0 bridgehead atoms. The van der Waals surface area contributed by atoms with E-state index >= 15 is 0 Å². The van der Waals surface area contributed by atoms with E-state index in [0.29, 0.717) is 23.1 Å². The number of amides is 1. The summed E-state index contributed by atoms with van der Waals surface area (Å²) in [7, 11) is 0. The van der Waals surface area contributed by atoms with Gasteiger partial charge in [0.05, 0.1) is 18.5 Å². The molecule has 0 aliphatic heterocycles.